The first-order chi connectivity index (χ1) is 23.3. The number of nitrogens with one attached hydrogen (secondary N) is 2. The standard InChI is InChI=1S/C35H37N13/c1-23-24(18-36)8-9-29(42-23)45(4)35(2)13-17-47(20-35)33-27-11-15-38-34(27)48(22-41-33)30-7-5-6-28(43-30)44(3)25-12-16-46(19-25)32-26-10-14-37-31(26)39-21-40-32/h5-11,14-15,21-22,25H,12-13,16-17,19-20H2,1-4H3,(H,37,39,40)/p+1. The predicted molar refractivity (Wildman–Crippen MR) is 186 cm³/mol. The fourth-order valence-corrected chi connectivity index (χ4v) is 7.23. The Morgan fingerprint density at radius 3 is 2.62 bits per heavy atom. The number of rotatable bonds is 7. The van der Waals surface area contributed by atoms with E-state index < -0.39 is 0 Å². The maximum atomic E-state index is 9.35. The average Bonchev–Trinajstić information content (AvgIpc) is 3.94. The maximum absolute atomic E-state index is 9.35. The van der Waals surface area contributed by atoms with Gasteiger partial charge in [0, 0.05) is 58.7 Å². The van der Waals surface area contributed by atoms with Crippen molar-refractivity contribution in [1.82, 2.24) is 34.9 Å². The van der Waals surface area contributed by atoms with Crippen LogP contribution in [0.5, 0.6) is 0 Å². The Kier molecular flexibility index (Phi) is 7.09. The van der Waals surface area contributed by atoms with Crippen LogP contribution in [0.2, 0.25) is 0 Å². The van der Waals surface area contributed by atoms with Gasteiger partial charge in [-0.1, -0.05) is 6.07 Å². The maximum Gasteiger partial charge on any atom is 0.239 e. The van der Waals surface area contributed by atoms with Gasteiger partial charge >= 0.3 is 0 Å². The number of nitriles is 1. The minimum Gasteiger partial charge on any atom is -0.354 e. The molecule has 2 aliphatic rings. The SMILES string of the molecule is Cc1nc(N(C)C2(C)CCN(c3nc[n+](-c4cccc(N(C)C5CCN(c6ncnc7[nH]ccc67)C5)n4)c4[nH]ccc34)C2)ccc1C#N. The van der Waals surface area contributed by atoms with Crippen molar-refractivity contribution in [3.05, 3.63) is 78.8 Å². The lowest BCUT2D eigenvalue weighted by atomic mass is 9.99. The highest BCUT2D eigenvalue weighted by Crippen LogP contribution is 2.35. The molecule has 2 unspecified atom stereocenters. The van der Waals surface area contributed by atoms with E-state index in [1.54, 1.807) is 6.33 Å². The van der Waals surface area contributed by atoms with Crippen LogP contribution in [0.1, 0.15) is 31.0 Å². The van der Waals surface area contributed by atoms with Crippen LogP contribution < -0.4 is 24.2 Å². The van der Waals surface area contributed by atoms with Gasteiger partial charge in [-0.15, -0.1) is 9.97 Å². The van der Waals surface area contributed by atoms with Crippen molar-refractivity contribution in [2.75, 3.05) is 59.9 Å². The molecule has 0 spiro atoms. The number of aryl methyl sites for hydroxylation is 1. The third-order valence-electron chi connectivity index (χ3n) is 10.3. The molecule has 0 radical (unpaired) electrons. The summed E-state index contributed by atoms with van der Waals surface area (Å²) in [5, 5.41) is 11.4. The topological polar surface area (TPSA) is 137 Å². The summed E-state index contributed by atoms with van der Waals surface area (Å²) in [5.41, 5.74) is 3.01. The number of likely N-dealkylation sites (N-methyl/N-ethyl adjacent to an activating group) is 2. The Morgan fingerprint density at radius 2 is 1.77 bits per heavy atom. The van der Waals surface area contributed by atoms with Crippen molar-refractivity contribution in [3.8, 4) is 11.9 Å². The van der Waals surface area contributed by atoms with Crippen molar-refractivity contribution in [2.45, 2.75) is 38.3 Å². The summed E-state index contributed by atoms with van der Waals surface area (Å²) in [4.78, 5) is 39.7. The zero-order valence-electron chi connectivity index (χ0n) is 27.6. The third-order valence-corrected chi connectivity index (χ3v) is 10.3. The van der Waals surface area contributed by atoms with E-state index in [9.17, 15) is 5.26 Å². The molecule has 2 N–H and O–H groups in total. The molecule has 0 saturated carbocycles. The Balaban J connectivity index is 1.02. The number of fused-ring (bicyclic) bond motifs is 2. The second-order valence-electron chi connectivity index (χ2n) is 13.1. The van der Waals surface area contributed by atoms with Gasteiger partial charge in [-0.3, -0.25) is 4.98 Å². The van der Waals surface area contributed by atoms with Crippen molar-refractivity contribution in [1.29, 1.82) is 5.26 Å². The molecule has 8 heterocycles. The Bertz CT molecular complexity index is 2180. The Morgan fingerprint density at radius 1 is 0.938 bits per heavy atom. The smallest absolute Gasteiger partial charge is 0.239 e. The van der Waals surface area contributed by atoms with Gasteiger partial charge in [0.15, 0.2) is 11.6 Å². The molecule has 0 aromatic carbocycles. The van der Waals surface area contributed by atoms with Crippen LogP contribution in [0.15, 0.2) is 67.5 Å². The lowest BCUT2D eigenvalue weighted by molar-refractivity contribution is -0.576. The van der Waals surface area contributed by atoms with Gasteiger partial charge in [-0.2, -0.15) is 9.83 Å². The molecule has 242 valence electrons. The zero-order valence-corrected chi connectivity index (χ0v) is 27.6. The van der Waals surface area contributed by atoms with Crippen molar-refractivity contribution < 1.29 is 4.57 Å². The van der Waals surface area contributed by atoms with Crippen LogP contribution in [0.3, 0.4) is 0 Å². The molecule has 2 aliphatic heterocycles. The molecule has 0 aliphatic carbocycles. The second-order valence-corrected chi connectivity index (χ2v) is 13.1. The van der Waals surface area contributed by atoms with Crippen LogP contribution in [-0.4, -0.2) is 86.7 Å². The summed E-state index contributed by atoms with van der Waals surface area (Å²) in [6.07, 6.45) is 9.34. The van der Waals surface area contributed by atoms with E-state index in [-0.39, 0.29) is 5.54 Å². The van der Waals surface area contributed by atoms with Crippen LogP contribution in [0.25, 0.3) is 27.9 Å². The first-order valence-corrected chi connectivity index (χ1v) is 16.3. The van der Waals surface area contributed by atoms with E-state index in [4.69, 9.17) is 15.0 Å². The van der Waals surface area contributed by atoms with E-state index in [1.807, 2.05) is 54.5 Å². The summed E-state index contributed by atoms with van der Waals surface area (Å²) in [6.45, 7) is 7.60. The molecule has 13 heteroatoms. The van der Waals surface area contributed by atoms with E-state index in [0.717, 1.165) is 95.9 Å². The van der Waals surface area contributed by atoms with Crippen molar-refractivity contribution in [3.63, 3.8) is 0 Å². The highest BCUT2D eigenvalue weighted by molar-refractivity contribution is 5.87. The molecular weight excluding hydrogens is 602 g/mol. The fourth-order valence-electron chi connectivity index (χ4n) is 7.23. The summed E-state index contributed by atoms with van der Waals surface area (Å²) >= 11 is 0. The number of aromatic nitrogens is 8. The van der Waals surface area contributed by atoms with Gasteiger partial charge in [-0.25, -0.2) is 15.0 Å². The molecular formula is C35H38N13+. The number of hydrogen-bond acceptors (Lipinski definition) is 10. The Labute approximate surface area is 278 Å². The van der Waals surface area contributed by atoms with Gasteiger partial charge in [0.05, 0.1) is 33.6 Å². The molecule has 0 bridgehead atoms. The molecule has 6 aromatic heterocycles. The van der Waals surface area contributed by atoms with Crippen LogP contribution >= 0.6 is 0 Å². The summed E-state index contributed by atoms with van der Waals surface area (Å²) in [6, 6.07) is 16.6. The number of nitrogens with zero attached hydrogens (tertiary/aromatic N) is 11. The van der Waals surface area contributed by atoms with Gasteiger partial charge in [0.1, 0.15) is 29.7 Å². The van der Waals surface area contributed by atoms with E-state index >= 15 is 0 Å². The number of hydrogen-bond donors (Lipinski definition) is 2. The molecule has 2 fully saturated rings. The van der Waals surface area contributed by atoms with Gasteiger partial charge in [0.25, 0.3) is 0 Å². The minimum absolute atomic E-state index is 0.152. The van der Waals surface area contributed by atoms with Crippen molar-refractivity contribution in [2.24, 2.45) is 0 Å². The first kappa shape index (κ1) is 29.6. The van der Waals surface area contributed by atoms with Crippen LogP contribution in [-0.2, 0) is 0 Å². The van der Waals surface area contributed by atoms with Crippen LogP contribution in [0.4, 0.5) is 23.3 Å². The number of anilines is 4. The first-order valence-electron chi connectivity index (χ1n) is 16.3. The third kappa shape index (κ3) is 4.92. The number of pyridine rings is 2. The van der Waals surface area contributed by atoms with E-state index in [1.165, 1.54) is 0 Å². The quantitative estimate of drug-likeness (QED) is 0.247. The summed E-state index contributed by atoms with van der Waals surface area (Å²) in [5.74, 6) is 4.51. The normalized spacial score (nSPS) is 19.4. The molecule has 13 nitrogen and oxygen atoms in total. The summed E-state index contributed by atoms with van der Waals surface area (Å²) < 4.78 is 2.03. The minimum atomic E-state index is -0.152. The molecule has 6 aromatic rings. The monoisotopic (exact) mass is 640 g/mol. The molecule has 2 saturated heterocycles. The number of aromatic amines is 2. The number of H-pyrrole nitrogens is 2. The lowest BCUT2D eigenvalue weighted by Gasteiger charge is -2.36. The van der Waals surface area contributed by atoms with Crippen molar-refractivity contribution >= 4 is 45.3 Å². The van der Waals surface area contributed by atoms with E-state index in [0.29, 0.717) is 11.6 Å². The lowest BCUT2D eigenvalue weighted by Crippen LogP contribution is -2.47. The van der Waals surface area contributed by atoms with Gasteiger partial charge < -0.3 is 24.6 Å². The van der Waals surface area contributed by atoms with E-state index in [2.05, 4.69) is 84.8 Å². The molecule has 2 atom stereocenters. The van der Waals surface area contributed by atoms with Crippen LogP contribution in [0, 0.1) is 18.3 Å². The van der Waals surface area contributed by atoms with Gasteiger partial charge in [-0.05, 0) is 57.0 Å². The summed E-state index contributed by atoms with van der Waals surface area (Å²) in [7, 11) is 4.21. The zero-order chi connectivity index (χ0) is 33.0. The second kappa shape index (κ2) is 11.5. The predicted octanol–water partition coefficient (Wildman–Crippen LogP) is 3.90. The van der Waals surface area contributed by atoms with Gasteiger partial charge in [0.2, 0.25) is 17.8 Å². The fraction of sp³-hybridized carbons (Fsp3) is 0.343. The highest BCUT2D eigenvalue weighted by Gasteiger charge is 2.40. The average molecular weight is 641 g/mol. The Hall–Kier alpha value is -5.77. The largest absolute Gasteiger partial charge is 0.354 e. The molecule has 48 heavy (non-hydrogen) atoms. The molecule has 0 amide bonds. The highest BCUT2D eigenvalue weighted by atomic mass is 15.3. The molecule has 8 rings (SSSR count).